The molecule has 0 aliphatic heterocycles. The summed E-state index contributed by atoms with van der Waals surface area (Å²) in [6, 6.07) is 5.64. The molecule has 0 fully saturated rings. The Hall–Kier alpha value is -1.96. The molecular weight excluding hydrogens is 532 g/mol. The Morgan fingerprint density at radius 2 is 2.03 bits per heavy atom. The molecule has 30 heavy (non-hydrogen) atoms. The molecule has 0 aliphatic rings. The number of guanidine groups is 1. The molecule has 1 amide bonds. The maximum atomic E-state index is 12.6. The van der Waals surface area contributed by atoms with Gasteiger partial charge in [0.15, 0.2) is 11.7 Å². The number of pyridine rings is 1. The highest BCUT2D eigenvalue weighted by Crippen LogP contribution is 2.29. The van der Waals surface area contributed by atoms with Crippen LogP contribution in [0.4, 0.5) is 13.2 Å². The Kier molecular flexibility index (Phi) is 11.0. The van der Waals surface area contributed by atoms with Crippen LogP contribution in [0.3, 0.4) is 0 Å². The molecule has 0 saturated carbocycles. The van der Waals surface area contributed by atoms with Crippen molar-refractivity contribution < 1.29 is 18.0 Å². The molecule has 0 spiro atoms. The quantitative estimate of drug-likeness (QED) is 0.297. The first-order valence-electron chi connectivity index (χ1n) is 8.89. The number of thiazole rings is 1. The summed E-state index contributed by atoms with van der Waals surface area (Å²) in [5.74, 6) is 0.280. The number of alkyl halides is 3. The zero-order chi connectivity index (χ0) is 21.3. The molecule has 0 radical (unpaired) electrons. The van der Waals surface area contributed by atoms with Crippen LogP contribution < -0.4 is 10.6 Å². The second-order valence-electron chi connectivity index (χ2n) is 6.11. The van der Waals surface area contributed by atoms with E-state index in [1.807, 2.05) is 18.2 Å². The third kappa shape index (κ3) is 8.81. The van der Waals surface area contributed by atoms with E-state index in [0.717, 1.165) is 22.4 Å². The van der Waals surface area contributed by atoms with Crippen molar-refractivity contribution in [2.45, 2.75) is 19.0 Å². The van der Waals surface area contributed by atoms with Gasteiger partial charge in [-0.25, -0.2) is 4.98 Å². The van der Waals surface area contributed by atoms with Gasteiger partial charge in [-0.3, -0.25) is 14.8 Å². The number of rotatable bonds is 8. The molecule has 0 bridgehead atoms. The van der Waals surface area contributed by atoms with E-state index < -0.39 is 11.9 Å². The van der Waals surface area contributed by atoms with Crippen LogP contribution >= 0.6 is 35.3 Å². The number of carbonyl (C=O) groups is 1. The van der Waals surface area contributed by atoms with Gasteiger partial charge in [0.05, 0.1) is 11.6 Å². The van der Waals surface area contributed by atoms with Gasteiger partial charge in [-0.05, 0) is 12.1 Å². The molecule has 0 aromatic carbocycles. The number of aromatic nitrogens is 2. The maximum Gasteiger partial charge on any atom is 0.434 e. The van der Waals surface area contributed by atoms with E-state index in [1.54, 1.807) is 25.2 Å². The first-order valence-corrected chi connectivity index (χ1v) is 9.77. The van der Waals surface area contributed by atoms with E-state index in [2.05, 4.69) is 25.6 Å². The number of likely N-dealkylation sites (N-methyl/N-ethyl adjacent to an activating group) is 1. The lowest BCUT2D eigenvalue weighted by Crippen LogP contribution is -2.44. The average molecular weight is 556 g/mol. The minimum absolute atomic E-state index is 0. The van der Waals surface area contributed by atoms with Gasteiger partial charge < -0.3 is 15.5 Å². The highest BCUT2D eigenvalue weighted by molar-refractivity contribution is 14.0. The van der Waals surface area contributed by atoms with Gasteiger partial charge in [-0.15, -0.1) is 35.3 Å². The monoisotopic (exact) mass is 556 g/mol. The first kappa shape index (κ1) is 26.1. The second-order valence-corrected chi connectivity index (χ2v) is 7.06. The number of amides is 1. The Morgan fingerprint density at radius 1 is 1.27 bits per heavy atom. The third-order valence-corrected chi connectivity index (χ3v) is 4.87. The molecule has 7 nitrogen and oxygen atoms in total. The van der Waals surface area contributed by atoms with Crippen molar-refractivity contribution in [1.82, 2.24) is 25.5 Å². The van der Waals surface area contributed by atoms with Crippen LogP contribution in [0.25, 0.3) is 0 Å². The highest BCUT2D eigenvalue weighted by Gasteiger charge is 2.33. The molecule has 2 aromatic rings. The lowest BCUT2D eigenvalue weighted by Gasteiger charge is -2.18. The summed E-state index contributed by atoms with van der Waals surface area (Å²) >= 11 is 0.964. The van der Waals surface area contributed by atoms with E-state index >= 15 is 0 Å². The molecule has 12 heteroatoms. The van der Waals surface area contributed by atoms with Crippen LogP contribution in [0.5, 0.6) is 0 Å². The number of aliphatic imine (C=N–C) groups is 1. The highest BCUT2D eigenvalue weighted by atomic mass is 127. The van der Waals surface area contributed by atoms with Gasteiger partial charge in [-0.1, -0.05) is 6.07 Å². The fourth-order valence-corrected chi connectivity index (χ4v) is 3.12. The van der Waals surface area contributed by atoms with Gasteiger partial charge in [-0.2, -0.15) is 13.2 Å². The largest absolute Gasteiger partial charge is 0.434 e. The number of nitrogens with one attached hydrogen (secondary N) is 2. The summed E-state index contributed by atoms with van der Waals surface area (Å²) in [6.45, 7) is 0.928. The molecule has 0 aliphatic carbocycles. The Labute approximate surface area is 194 Å². The Bertz CT molecular complexity index is 816. The van der Waals surface area contributed by atoms with Crippen molar-refractivity contribution in [2.75, 3.05) is 33.7 Å². The lowest BCUT2D eigenvalue weighted by molar-refractivity contribution is -0.140. The summed E-state index contributed by atoms with van der Waals surface area (Å²) in [5, 5.41) is 7.24. The van der Waals surface area contributed by atoms with Crippen molar-refractivity contribution >= 4 is 47.2 Å². The topological polar surface area (TPSA) is 82.5 Å². The van der Waals surface area contributed by atoms with E-state index in [4.69, 9.17) is 0 Å². The molecule has 166 valence electrons. The lowest BCUT2D eigenvalue weighted by atomic mass is 10.2. The second kappa shape index (κ2) is 12.7. The van der Waals surface area contributed by atoms with E-state index in [-0.39, 0.29) is 36.4 Å². The predicted molar refractivity (Wildman–Crippen MR) is 121 cm³/mol. The third-order valence-electron chi connectivity index (χ3n) is 3.96. The summed E-state index contributed by atoms with van der Waals surface area (Å²) in [6.07, 6.45) is -1.74. The molecule has 0 saturated heterocycles. The van der Waals surface area contributed by atoms with Crippen molar-refractivity contribution in [2.24, 2.45) is 4.99 Å². The van der Waals surface area contributed by atoms with E-state index in [9.17, 15) is 18.0 Å². The van der Waals surface area contributed by atoms with Crippen LogP contribution in [0, 0.1) is 0 Å². The summed E-state index contributed by atoms with van der Waals surface area (Å²) in [5.41, 5.74) is 0.0350. The van der Waals surface area contributed by atoms with Crippen LogP contribution in [0.15, 0.2) is 34.8 Å². The zero-order valence-corrected chi connectivity index (χ0v) is 19.7. The number of nitrogens with zero attached hydrogens (tertiary/aromatic N) is 4. The standard InChI is InChI=1S/C18H23F3N6OS.HI/c1-22-17(24-9-6-15-26-14(12-29-15)18(19,20)21)25-11-16(28)27(2)10-7-13-5-3-4-8-23-13;/h3-5,8,12H,6-7,9-11H2,1-2H3,(H2,22,24,25);1H. The first-order chi connectivity index (χ1) is 13.8. The molecule has 2 aromatic heterocycles. The molecule has 0 unspecified atom stereocenters. The number of carbonyl (C=O) groups excluding carboxylic acids is 1. The smallest absolute Gasteiger partial charge is 0.356 e. The molecule has 2 heterocycles. The Balaban J connectivity index is 0.00000450. The fourth-order valence-electron chi connectivity index (χ4n) is 2.31. The number of hydrogen-bond acceptors (Lipinski definition) is 5. The van der Waals surface area contributed by atoms with Gasteiger partial charge in [0.1, 0.15) is 0 Å². The summed E-state index contributed by atoms with van der Waals surface area (Å²) < 4.78 is 37.7. The van der Waals surface area contributed by atoms with Crippen LogP contribution in [0.1, 0.15) is 16.4 Å². The van der Waals surface area contributed by atoms with Crippen molar-refractivity contribution in [3.05, 3.63) is 46.2 Å². The normalized spacial score (nSPS) is 11.6. The van der Waals surface area contributed by atoms with Gasteiger partial charge in [0.2, 0.25) is 5.91 Å². The molecule has 2 N–H and O–H groups in total. The summed E-state index contributed by atoms with van der Waals surface area (Å²) in [7, 11) is 3.26. The van der Waals surface area contributed by atoms with Crippen molar-refractivity contribution in [3.63, 3.8) is 0 Å². The summed E-state index contributed by atoms with van der Waals surface area (Å²) in [4.78, 5) is 25.6. The predicted octanol–water partition coefficient (Wildman–Crippen LogP) is 2.58. The fraction of sp³-hybridized carbons (Fsp3) is 0.444. The molecule has 2 rings (SSSR count). The molecular formula is C18H24F3IN6OS. The van der Waals surface area contributed by atoms with Crippen LogP contribution in [0.2, 0.25) is 0 Å². The average Bonchev–Trinajstić information content (AvgIpc) is 3.18. The Morgan fingerprint density at radius 3 is 2.63 bits per heavy atom. The SMILES string of the molecule is CN=C(NCCc1nc(C(F)(F)F)cs1)NCC(=O)N(C)CCc1ccccn1.I. The number of halogens is 4. The van der Waals surface area contributed by atoms with Gasteiger partial charge in [0, 0.05) is 57.3 Å². The van der Waals surface area contributed by atoms with E-state index in [1.165, 1.54) is 0 Å². The van der Waals surface area contributed by atoms with Crippen LogP contribution in [-0.2, 0) is 23.8 Å². The minimum atomic E-state index is -4.43. The van der Waals surface area contributed by atoms with Crippen molar-refractivity contribution in [3.8, 4) is 0 Å². The zero-order valence-electron chi connectivity index (χ0n) is 16.6. The minimum Gasteiger partial charge on any atom is -0.356 e. The van der Waals surface area contributed by atoms with Gasteiger partial charge >= 0.3 is 6.18 Å². The van der Waals surface area contributed by atoms with E-state index in [0.29, 0.717) is 36.9 Å². The van der Waals surface area contributed by atoms with Crippen LogP contribution in [-0.4, -0.2) is 60.5 Å². The maximum absolute atomic E-state index is 12.6. The molecule has 0 atom stereocenters. The number of hydrogen-bond donors (Lipinski definition) is 2. The van der Waals surface area contributed by atoms with Gasteiger partial charge in [0.25, 0.3) is 0 Å². The van der Waals surface area contributed by atoms with Crippen molar-refractivity contribution in [1.29, 1.82) is 0 Å².